The van der Waals surface area contributed by atoms with Crippen LogP contribution in [0.15, 0.2) is 47.4 Å². The number of hydroxylamine groups is 1. The van der Waals surface area contributed by atoms with Crippen molar-refractivity contribution in [2.45, 2.75) is 50.3 Å². The van der Waals surface area contributed by atoms with Crippen LogP contribution in [-0.2, 0) is 21.4 Å². The van der Waals surface area contributed by atoms with Gasteiger partial charge < -0.3 is 9.84 Å². The molecule has 3 N–H and O–H groups in total. The first-order valence-corrected chi connectivity index (χ1v) is 11.1. The molecular weight excluding hydrogens is 408 g/mol. The number of rotatable bonds is 6. The molecule has 30 heavy (non-hydrogen) atoms. The second kappa shape index (κ2) is 9.13. The number of carbonyl (C=O) groups is 1. The Kier molecular flexibility index (Phi) is 6.77. The van der Waals surface area contributed by atoms with Gasteiger partial charge in [0, 0.05) is 6.54 Å². The SMILES string of the molecule is Cc1cccc(C)c1COc1ccc(S(=O)(=O)N2C[C@H](O)CC[C@@H]2C(=O)NO)cc1. The Balaban J connectivity index is 1.77. The Bertz CT molecular complexity index is 986. The van der Waals surface area contributed by atoms with E-state index in [1.54, 1.807) is 12.1 Å². The van der Waals surface area contributed by atoms with Gasteiger partial charge in [0.25, 0.3) is 5.91 Å². The Morgan fingerprint density at radius 3 is 2.37 bits per heavy atom. The number of hydrogen-bond acceptors (Lipinski definition) is 6. The summed E-state index contributed by atoms with van der Waals surface area (Å²) in [7, 11) is -4.05. The van der Waals surface area contributed by atoms with Gasteiger partial charge in [0.05, 0.1) is 11.0 Å². The van der Waals surface area contributed by atoms with Gasteiger partial charge in [-0.3, -0.25) is 10.0 Å². The third-order valence-corrected chi connectivity index (χ3v) is 7.27. The molecule has 1 aliphatic heterocycles. The van der Waals surface area contributed by atoms with Gasteiger partial charge in [-0.25, -0.2) is 13.9 Å². The highest BCUT2D eigenvalue weighted by molar-refractivity contribution is 7.89. The zero-order valence-electron chi connectivity index (χ0n) is 16.9. The van der Waals surface area contributed by atoms with E-state index in [0.29, 0.717) is 12.4 Å². The number of β-amino-alcohol motifs (C(OH)–C–C–N with tert-alkyl or cyclic N) is 1. The minimum absolute atomic E-state index is 0.0215. The fourth-order valence-corrected chi connectivity index (χ4v) is 5.25. The number of benzene rings is 2. The van der Waals surface area contributed by atoms with Gasteiger partial charge in [-0.2, -0.15) is 4.31 Å². The van der Waals surface area contributed by atoms with Crippen LogP contribution in [0, 0.1) is 13.8 Å². The molecule has 0 aromatic heterocycles. The minimum Gasteiger partial charge on any atom is -0.489 e. The lowest BCUT2D eigenvalue weighted by atomic mass is 10.0. The third kappa shape index (κ3) is 4.65. The van der Waals surface area contributed by atoms with Crippen molar-refractivity contribution >= 4 is 15.9 Å². The molecule has 2 aromatic rings. The average molecular weight is 435 g/mol. The molecule has 0 aliphatic carbocycles. The number of nitrogens with zero attached hydrogens (tertiary/aromatic N) is 1. The van der Waals surface area contributed by atoms with Crippen LogP contribution in [0.4, 0.5) is 0 Å². The number of nitrogens with one attached hydrogen (secondary N) is 1. The summed E-state index contributed by atoms with van der Waals surface area (Å²) in [6.07, 6.45) is -0.485. The molecule has 0 spiro atoms. The normalized spacial score (nSPS) is 20.0. The highest BCUT2D eigenvalue weighted by atomic mass is 32.2. The second-order valence-corrected chi connectivity index (χ2v) is 9.32. The van der Waals surface area contributed by atoms with Gasteiger partial charge in [0.15, 0.2) is 0 Å². The van der Waals surface area contributed by atoms with E-state index in [-0.39, 0.29) is 24.3 Å². The van der Waals surface area contributed by atoms with Gasteiger partial charge >= 0.3 is 0 Å². The lowest BCUT2D eigenvalue weighted by molar-refractivity contribution is -0.135. The maximum Gasteiger partial charge on any atom is 0.261 e. The summed E-state index contributed by atoms with van der Waals surface area (Å²) in [5.74, 6) is -0.307. The molecule has 2 atom stereocenters. The molecule has 9 heteroatoms. The van der Waals surface area contributed by atoms with Gasteiger partial charge in [0.1, 0.15) is 18.4 Å². The van der Waals surface area contributed by atoms with Crippen molar-refractivity contribution in [3.63, 3.8) is 0 Å². The molecule has 0 bridgehead atoms. The molecule has 3 rings (SSSR count). The predicted molar refractivity (Wildman–Crippen MR) is 110 cm³/mol. The van der Waals surface area contributed by atoms with E-state index < -0.39 is 28.1 Å². The molecule has 2 aromatic carbocycles. The van der Waals surface area contributed by atoms with E-state index in [0.717, 1.165) is 21.0 Å². The average Bonchev–Trinajstić information content (AvgIpc) is 2.73. The van der Waals surface area contributed by atoms with Gasteiger partial charge in [-0.15, -0.1) is 0 Å². The Morgan fingerprint density at radius 2 is 1.77 bits per heavy atom. The highest BCUT2D eigenvalue weighted by Gasteiger charge is 2.40. The van der Waals surface area contributed by atoms with Crippen LogP contribution < -0.4 is 10.2 Å². The van der Waals surface area contributed by atoms with Crippen LogP contribution in [0.5, 0.6) is 5.75 Å². The van der Waals surface area contributed by atoms with Crippen molar-refractivity contribution in [3.05, 3.63) is 59.2 Å². The quantitative estimate of drug-likeness (QED) is 0.472. The third-order valence-electron chi connectivity index (χ3n) is 5.38. The minimum atomic E-state index is -4.05. The fraction of sp³-hybridized carbons (Fsp3) is 0.381. The van der Waals surface area contributed by atoms with Crippen LogP contribution in [0.2, 0.25) is 0 Å². The number of amides is 1. The van der Waals surface area contributed by atoms with E-state index >= 15 is 0 Å². The standard InChI is InChI=1S/C21H26N2O6S/c1-14-4-3-5-15(2)19(14)13-29-17-7-9-18(10-8-17)30(27,28)23-12-16(24)6-11-20(23)21(25)22-26/h3-5,7-10,16,20,24,26H,6,11-13H2,1-2H3,(H,22,25)/t16-,20-/m1/s1. The molecule has 1 saturated heterocycles. The zero-order valence-corrected chi connectivity index (χ0v) is 17.7. The summed E-state index contributed by atoms with van der Waals surface area (Å²) < 4.78 is 32.9. The van der Waals surface area contributed by atoms with E-state index in [4.69, 9.17) is 9.94 Å². The molecule has 0 radical (unpaired) electrons. The number of sulfonamides is 1. The number of aryl methyl sites for hydroxylation is 2. The van der Waals surface area contributed by atoms with Crippen molar-refractivity contribution in [2.75, 3.05) is 6.54 Å². The predicted octanol–water partition coefficient (Wildman–Crippen LogP) is 1.90. The van der Waals surface area contributed by atoms with Crippen LogP contribution in [0.1, 0.15) is 29.5 Å². The van der Waals surface area contributed by atoms with Crippen LogP contribution in [-0.4, -0.2) is 47.6 Å². The Hall–Kier alpha value is -2.46. The summed E-state index contributed by atoms with van der Waals surface area (Å²) in [5, 5.41) is 18.8. The van der Waals surface area contributed by atoms with E-state index in [1.165, 1.54) is 17.6 Å². The van der Waals surface area contributed by atoms with Crippen LogP contribution >= 0.6 is 0 Å². The molecule has 162 valence electrons. The van der Waals surface area contributed by atoms with Gasteiger partial charge in [-0.1, -0.05) is 18.2 Å². The summed E-state index contributed by atoms with van der Waals surface area (Å²) in [6, 6.07) is 10.8. The second-order valence-electron chi connectivity index (χ2n) is 7.43. The number of carbonyl (C=O) groups excluding carboxylic acids is 1. The first-order valence-electron chi connectivity index (χ1n) is 9.66. The lowest BCUT2D eigenvalue weighted by Crippen LogP contribution is -2.54. The number of aliphatic hydroxyl groups is 1. The molecular formula is C21H26N2O6S. The molecule has 1 aliphatic rings. The van der Waals surface area contributed by atoms with Crippen molar-refractivity contribution in [1.29, 1.82) is 0 Å². The van der Waals surface area contributed by atoms with Crippen LogP contribution in [0.3, 0.4) is 0 Å². The van der Waals surface area contributed by atoms with Crippen molar-refractivity contribution < 1.29 is 28.3 Å². The van der Waals surface area contributed by atoms with Crippen LogP contribution in [0.25, 0.3) is 0 Å². The van der Waals surface area contributed by atoms with Gasteiger partial charge in [-0.05, 0) is 67.6 Å². The first-order chi connectivity index (χ1) is 14.2. The van der Waals surface area contributed by atoms with E-state index in [1.807, 2.05) is 32.0 Å². The monoisotopic (exact) mass is 434 g/mol. The Morgan fingerprint density at radius 1 is 1.13 bits per heavy atom. The van der Waals surface area contributed by atoms with Gasteiger partial charge in [0.2, 0.25) is 10.0 Å². The smallest absolute Gasteiger partial charge is 0.261 e. The Labute approximate surface area is 176 Å². The topological polar surface area (TPSA) is 116 Å². The molecule has 1 fully saturated rings. The maximum atomic E-state index is 13.1. The number of ether oxygens (including phenoxy) is 1. The number of hydrogen-bond donors (Lipinski definition) is 3. The van der Waals surface area contributed by atoms with Crippen molar-refractivity contribution in [2.24, 2.45) is 0 Å². The van der Waals surface area contributed by atoms with Crippen molar-refractivity contribution in [1.82, 2.24) is 9.79 Å². The van der Waals surface area contributed by atoms with E-state index in [9.17, 15) is 18.3 Å². The van der Waals surface area contributed by atoms with E-state index in [2.05, 4.69) is 0 Å². The first kappa shape index (κ1) is 22.2. The molecule has 8 nitrogen and oxygen atoms in total. The molecule has 0 unspecified atom stereocenters. The summed E-state index contributed by atoms with van der Waals surface area (Å²) >= 11 is 0. The summed E-state index contributed by atoms with van der Waals surface area (Å²) in [4.78, 5) is 11.9. The largest absolute Gasteiger partial charge is 0.489 e. The summed E-state index contributed by atoms with van der Waals surface area (Å²) in [5.41, 5.74) is 4.82. The number of piperidine rings is 1. The zero-order chi connectivity index (χ0) is 21.9. The maximum absolute atomic E-state index is 13.1. The summed E-state index contributed by atoms with van der Waals surface area (Å²) in [6.45, 7) is 4.16. The number of aliphatic hydroxyl groups excluding tert-OH is 1. The molecule has 1 amide bonds. The lowest BCUT2D eigenvalue weighted by Gasteiger charge is -2.35. The fourth-order valence-electron chi connectivity index (χ4n) is 3.60. The molecule has 1 heterocycles. The van der Waals surface area contributed by atoms with Crippen molar-refractivity contribution in [3.8, 4) is 5.75 Å². The molecule has 0 saturated carbocycles. The highest BCUT2D eigenvalue weighted by Crippen LogP contribution is 2.27.